The molecule has 3 aromatic rings. The predicted octanol–water partition coefficient (Wildman–Crippen LogP) is -0.0165. The molecule has 272 valence electrons. The van der Waals surface area contributed by atoms with E-state index in [0.717, 1.165) is 29.2 Å². The van der Waals surface area contributed by atoms with Crippen molar-refractivity contribution in [3.05, 3.63) is 52.9 Å². The summed E-state index contributed by atoms with van der Waals surface area (Å²) < 4.78 is 0. The molecule has 1 amide bonds. The van der Waals surface area contributed by atoms with Crippen molar-refractivity contribution in [1.82, 2.24) is 9.88 Å². The average molecular weight is 731 g/mol. The first-order valence-corrected chi connectivity index (χ1v) is 17.3. The van der Waals surface area contributed by atoms with Crippen LogP contribution in [-0.2, 0) is 19.2 Å². The number of primary amides is 1. The third-order valence-electron chi connectivity index (χ3n) is 10.8. The highest BCUT2D eigenvalue weighted by Gasteiger charge is 2.83. The highest BCUT2D eigenvalue weighted by Crippen LogP contribution is 2.59. The molecule has 0 aliphatic heterocycles. The van der Waals surface area contributed by atoms with Crippen molar-refractivity contribution in [2.75, 3.05) is 37.4 Å². The maximum atomic E-state index is 14.6. The number of thiazole rings is 1. The molecule has 2 unspecified atom stereocenters. The third kappa shape index (κ3) is 4.62. The Labute approximate surface area is 301 Å². The normalized spacial score (nSPS) is 31.0. The van der Waals surface area contributed by atoms with Crippen molar-refractivity contribution in [3.63, 3.8) is 0 Å². The Hall–Kier alpha value is -5.09. The minimum absolute atomic E-state index is 0.0469. The summed E-state index contributed by atoms with van der Waals surface area (Å²) in [4.78, 5) is 76.8. The molecule has 10 N–H and O–H groups in total. The van der Waals surface area contributed by atoms with Crippen LogP contribution in [-0.4, -0.2) is 105 Å². The number of likely N-dealkylation sites (N-methyl/N-ethyl adjacent to an activating group) is 1. The zero-order chi connectivity index (χ0) is 38.2. The van der Waals surface area contributed by atoms with Gasteiger partial charge in [0, 0.05) is 29.7 Å². The lowest BCUT2D eigenvalue weighted by Crippen LogP contribution is -2.91. The van der Waals surface area contributed by atoms with E-state index in [1.165, 1.54) is 43.6 Å². The number of amides is 1. The number of nitrogens with zero attached hydrogens (tertiary/aromatic N) is 4. The van der Waals surface area contributed by atoms with Crippen molar-refractivity contribution in [2.45, 2.75) is 43.2 Å². The molecule has 17 heteroatoms. The van der Waals surface area contributed by atoms with E-state index in [2.05, 4.69) is 29.0 Å². The van der Waals surface area contributed by atoms with E-state index in [-0.39, 0.29) is 11.3 Å². The van der Waals surface area contributed by atoms with Gasteiger partial charge in [-0.1, -0.05) is 18.2 Å². The Morgan fingerprint density at radius 2 is 1.67 bits per heavy atom. The van der Waals surface area contributed by atoms with Crippen LogP contribution in [0, 0.1) is 28.6 Å². The van der Waals surface area contributed by atoms with Crippen LogP contribution in [0.4, 0.5) is 16.5 Å². The molecular weight excluding hydrogens is 692 g/mol. The lowest BCUT2D eigenvalue weighted by molar-refractivity contribution is -0.188. The van der Waals surface area contributed by atoms with Crippen LogP contribution >= 0.6 is 11.3 Å². The Morgan fingerprint density at radius 1 is 1.04 bits per heavy atom. The molecule has 6 rings (SSSR count). The molecule has 52 heavy (non-hydrogen) atoms. The Balaban J connectivity index is 1.42. The molecular formula is C35H38N8O8S. The molecule has 2 aromatic carbocycles. The van der Waals surface area contributed by atoms with Gasteiger partial charge < -0.3 is 42.7 Å². The fourth-order valence-corrected chi connectivity index (χ4v) is 9.02. The molecule has 3 aliphatic rings. The summed E-state index contributed by atoms with van der Waals surface area (Å²) in [5.41, 5.74) is 11.5. The summed E-state index contributed by atoms with van der Waals surface area (Å²) in [6.45, 7) is 5.84. The number of hydrogen-bond donors (Lipinski definition) is 7. The number of nitrogens with one attached hydrogen (secondary N) is 1. The smallest absolute Gasteiger partial charge is 0.235 e. The maximum Gasteiger partial charge on any atom is 0.235 e. The molecule has 0 bridgehead atoms. The summed E-state index contributed by atoms with van der Waals surface area (Å²) in [6, 6.07) is 10.1. The van der Waals surface area contributed by atoms with E-state index in [4.69, 9.17) is 17.2 Å². The number of fused-ring (bicyclic) bond motifs is 3. The molecule has 2 saturated carbocycles. The van der Waals surface area contributed by atoms with Crippen LogP contribution in [0.5, 0.6) is 5.75 Å². The number of anilines is 3. The number of aliphatic hydroxyl groups is 2. The first-order valence-electron chi connectivity index (χ1n) is 16.4. The number of phenols is 1. The minimum Gasteiger partial charge on any atom is -0.505 e. The highest BCUT2D eigenvalue weighted by molar-refractivity contribution is 7.14. The SMILES string of the molecule is CCN(CC)c1ccc(-c2csc(Nc3ccc4c(c3O)C(=O)C3C(=O)[C@]5(C#N)C(=O)C(C(N)=O)C(=O)[C@@H](N(C)C)[C@]5(N)[C@@H](O)[C@]3(N)[C@H]4O)n2)cc1. The summed E-state index contributed by atoms with van der Waals surface area (Å²) in [7, 11) is 2.58. The number of aromatic hydroxyl groups is 1. The number of phenolic OH excluding ortho intramolecular Hbond substituents is 1. The maximum absolute atomic E-state index is 14.6. The van der Waals surface area contributed by atoms with Gasteiger partial charge in [-0.15, -0.1) is 11.3 Å². The summed E-state index contributed by atoms with van der Waals surface area (Å²) in [5, 5.41) is 50.9. The summed E-state index contributed by atoms with van der Waals surface area (Å²) in [5.74, 6) is -12.5. The zero-order valence-corrected chi connectivity index (χ0v) is 29.5. The zero-order valence-electron chi connectivity index (χ0n) is 28.7. The van der Waals surface area contributed by atoms with Crippen molar-refractivity contribution in [1.29, 1.82) is 5.26 Å². The second kappa shape index (κ2) is 12.5. The lowest BCUT2D eigenvalue weighted by Gasteiger charge is -2.63. The van der Waals surface area contributed by atoms with Gasteiger partial charge in [0.1, 0.15) is 17.8 Å². The van der Waals surface area contributed by atoms with Crippen LogP contribution in [0.3, 0.4) is 0 Å². The number of carbonyl (C=O) groups is 5. The number of carbonyl (C=O) groups excluding carboxylic acids is 5. The number of Topliss-reactive ketones (excluding diaryl/α,β-unsaturated/α-hetero) is 4. The number of hydrogen-bond acceptors (Lipinski definition) is 16. The second-order valence-corrected chi connectivity index (χ2v) is 14.4. The van der Waals surface area contributed by atoms with E-state index in [0.29, 0.717) is 10.8 Å². The van der Waals surface area contributed by atoms with E-state index in [1.807, 2.05) is 24.3 Å². The number of aliphatic hydroxyl groups excluding tert-OH is 2. The van der Waals surface area contributed by atoms with E-state index in [9.17, 15) is 44.6 Å². The van der Waals surface area contributed by atoms with Gasteiger partial charge in [0.2, 0.25) is 5.91 Å². The molecule has 0 radical (unpaired) electrons. The van der Waals surface area contributed by atoms with Crippen LogP contribution in [0.1, 0.15) is 35.9 Å². The minimum atomic E-state index is -3.21. The summed E-state index contributed by atoms with van der Waals surface area (Å²) in [6.07, 6.45) is -4.56. The number of rotatable bonds is 8. The van der Waals surface area contributed by atoms with Crippen molar-refractivity contribution in [2.24, 2.45) is 34.5 Å². The van der Waals surface area contributed by atoms with Gasteiger partial charge in [0.25, 0.3) is 0 Å². The topological polar surface area (TPSA) is 279 Å². The first-order chi connectivity index (χ1) is 24.5. The molecule has 0 spiro atoms. The number of nitriles is 1. The first kappa shape index (κ1) is 36.7. The monoisotopic (exact) mass is 730 g/mol. The molecule has 2 fully saturated rings. The number of aromatic nitrogens is 1. The Morgan fingerprint density at radius 3 is 2.23 bits per heavy atom. The van der Waals surface area contributed by atoms with Crippen LogP contribution in [0.2, 0.25) is 0 Å². The molecule has 3 aliphatic carbocycles. The Kier molecular flexibility index (Phi) is 8.85. The van der Waals surface area contributed by atoms with Crippen molar-refractivity contribution < 1.29 is 39.3 Å². The molecule has 16 nitrogen and oxygen atoms in total. The number of ketones is 4. The summed E-state index contributed by atoms with van der Waals surface area (Å²) >= 11 is 1.20. The van der Waals surface area contributed by atoms with Gasteiger partial charge in [-0.25, -0.2) is 4.98 Å². The van der Waals surface area contributed by atoms with Gasteiger partial charge in [-0.3, -0.25) is 28.9 Å². The second-order valence-electron chi connectivity index (χ2n) is 13.5. The highest BCUT2D eigenvalue weighted by atomic mass is 32.1. The molecule has 1 aromatic heterocycles. The van der Waals surface area contributed by atoms with E-state index in [1.54, 1.807) is 5.38 Å². The fourth-order valence-electron chi connectivity index (χ4n) is 8.29. The van der Waals surface area contributed by atoms with Gasteiger partial charge in [0.05, 0.1) is 46.2 Å². The van der Waals surface area contributed by atoms with E-state index >= 15 is 0 Å². The molecule has 8 atom stereocenters. The molecule has 0 saturated heterocycles. The van der Waals surface area contributed by atoms with Crippen molar-refractivity contribution in [3.8, 4) is 23.1 Å². The largest absolute Gasteiger partial charge is 0.505 e. The van der Waals surface area contributed by atoms with Crippen LogP contribution in [0.25, 0.3) is 11.3 Å². The third-order valence-corrected chi connectivity index (χ3v) is 11.6. The molecule has 1 heterocycles. The average Bonchev–Trinajstić information content (AvgIpc) is 3.56. The quantitative estimate of drug-likeness (QED) is 0.119. The predicted molar refractivity (Wildman–Crippen MR) is 188 cm³/mol. The lowest BCUT2D eigenvalue weighted by atomic mass is 9.41. The standard InChI is InChI=1S/C35H38N8O8S/c1-5-43(6-2)16-9-7-15(8-10-16)19-13-52-32(41-19)40-18-12-11-17-20(23(18)44)24(45)22-29(49)33(14-36)28(48)21(30(37)50)25(46)26(42(3)4)35(33,39)31(51)34(22,38)27(17)47/h7-13,21-22,26-27,31,44,47,51H,5-6,38-39H2,1-4H3,(H2,37,50)(H,40,41)/t21?,22?,26-,27+,31+,33+,34-,35+/m1/s1. The van der Waals surface area contributed by atoms with Gasteiger partial charge >= 0.3 is 0 Å². The van der Waals surface area contributed by atoms with Gasteiger partial charge in [-0.05, 0) is 51.7 Å². The van der Waals surface area contributed by atoms with Crippen LogP contribution < -0.4 is 27.4 Å². The van der Waals surface area contributed by atoms with E-state index < -0.39 is 86.9 Å². The van der Waals surface area contributed by atoms with Crippen molar-refractivity contribution >= 4 is 56.9 Å². The fraction of sp³-hybridized carbons (Fsp3) is 0.400. The number of nitrogens with two attached hydrogens (primary N) is 3. The van der Waals surface area contributed by atoms with Crippen LogP contribution in [0.15, 0.2) is 41.8 Å². The number of benzene rings is 2. The van der Waals surface area contributed by atoms with Gasteiger partial charge in [0.15, 0.2) is 39.6 Å². The Bertz CT molecular complexity index is 2080. The van der Waals surface area contributed by atoms with Gasteiger partial charge in [-0.2, -0.15) is 5.26 Å².